The summed E-state index contributed by atoms with van der Waals surface area (Å²) in [7, 11) is 0. The summed E-state index contributed by atoms with van der Waals surface area (Å²) in [6, 6.07) is 0. The molecule has 3 heterocycles. The van der Waals surface area contributed by atoms with Crippen molar-refractivity contribution in [1.82, 2.24) is 19.5 Å². The third-order valence-electron chi connectivity index (χ3n) is 3.57. The smallest absolute Gasteiger partial charge is 0.165 e. The molecule has 2 aromatic rings. The highest BCUT2D eigenvalue weighted by Crippen LogP contribution is 2.32. The second kappa shape index (κ2) is 4.74. The lowest BCUT2D eigenvalue weighted by Crippen LogP contribution is -2.37. The Labute approximate surface area is 114 Å². The van der Waals surface area contributed by atoms with E-state index in [0.29, 0.717) is 16.9 Å². The molecule has 2 aromatic heterocycles. The van der Waals surface area contributed by atoms with E-state index in [4.69, 9.17) is 4.74 Å². The SMILES string of the molecule is Cc1ncnc2c1ncn2[C@@H]1O[C@@H]([C@H](C)O)[C@H](O)[C@H]1O. The van der Waals surface area contributed by atoms with Crippen LogP contribution in [0.15, 0.2) is 12.7 Å². The van der Waals surface area contributed by atoms with E-state index in [1.165, 1.54) is 19.6 Å². The molecule has 0 unspecified atom stereocenters. The lowest BCUT2D eigenvalue weighted by molar-refractivity contribution is -0.0777. The first-order chi connectivity index (χ1) is 9.50. The minimum absolute atomic E-state index is 0.514. The summed E-state index contributed by atoms with van der Waals surface area (Å²) in [6.07, 6.45) is -2.03. The summed E-state index contributed by atoms with van der Waals surface area (Å²) in [5.41, 5.74) is 1.84. The van der Waals surface area contributed by atoms with Crippen molar-refractivity contribution in [2.75, 3.05) is 0 Å². The van der Waals surface area contributed by atoms with Crippen LogP contribution in [0.3, 0.4) is 0 Å². The van der Waals surface area contributed by atoms with Gasteiger partial charge in [0.2, 0.25) is 0 Å². The zero-order chi connectivity index (χ0) is 14.4. The zero-order valence-corrected chi connectivity index (χ0v) is 11.1. The standard InChI is InChI=1S/C12H16N4O4/c1-5-7-11(14-3-13-5)16(4-15-7)12-9(19)8(18)10(20-12)6(2)17/h3-4,6,8-10,12,17-19H,1-2H3/t6-,8+,9+,10-,12+/m0/s1. The quantitative estimate of drug-likeness (QED) is 0.655. The van der Waals surface area contributed by atoms with Gasteiger partial charge in [0.05, 0.1) is 18.1 Å². The molecule has 3 N–H and O–H groups in total. The number of aliphatic hydroxyl groups excluding tert-OH is 3. The monoisotopic (exact) mass is 280 g/mol. The molecular weight excluding hydrogens is 264 g/mol. The number of rotatable bonds is 2. The predicted molar refractivity (Wildman–Crippen MR) is 67.7 cm³/mol. The van der Waals surface area contributed by atoms with E-state index in [-0.39, 0.29) is 0 Å². The van der Waals surface area contributed by atoms with Crippen LogP contribution < -0.4 is 0 Å². The summed E-state index contributed by atoms with van der Waals surface area (Å²) < 4.78 is 7.09. The summed E-state index contributed by atoms with van der Waals surface area (Å²) >= 11 is 0. The molecule has 8 nitrogen and oxygen atoms in total. The Morgan fingerprint density at radius 1 is 1.25 bits per heavy atom. The molecular formula is C12H16N4O4. The molecule has 108 valence electrons. The van der Waals surface area contributed by atoms with Crippen LogP contribution in [0.5, 0.6) is 0 Å². The first kappa shape index (κ1) is 13.4. The number of imidazole rings is 1. The minimum atomic E-state index is -1.17. The normalized spacial score (nSPS) is 31.9. The molecule has 0 spiro atoms. The van der Waals surface area contributed by atoms with Gasteiger partial charge in [-0.05, 0) is 13.8 Å². The molecule has 0 aliphatic carbocycles. The number of fused-ring (bicyclic) bond motifs is 1. The van der Waals surface area contributed by atoms with Crippen LogP contribution in [0.2, 0.25) is 0 Å². The van der Waals surface area contributed by atoms with Crippen molar-refractivity contribution in [2.45, 2.75) is 44.5 Å². The van der Waals surface area contributed by atoms with Crippen LogP contribution in [-0.2, 0) is 4.74 Å². The zero-order valence-electron chi connectivity index (χ0n) is 11.1. The van der Waals surface area contributed by atoms with Crippen molar-refractivity contribution in [3.63, 3.8) is 0 Å². The van der Waals surface area contributed by atoms with Crippen LogP contribution in [0.4, 0.5) is 0 Å². The van der Waals surface area contributed by atoms with E-state index in [2.05, 4.69) is 15.0 Å². The molecule has 0 radical (unpaired) electrons. The maximum Gasteiger partial charge on any atom is 0.165 e. The van der Waals surface area contributed by atoms with Crippen LogP contribution in [0.25, 0.3) is 11.2 Å². The predicted octanol–water partition coefficient (Wildman–Crippen LogP) is -0.865. The highest BCUT2D eigenvalue weighted by atomic mass is 16.6. The minimum Gasteiger partial charge on any atom is -0.391 e. The fraction of sp³-hybridized carbons (Fsp3) is 0.583. The summed E-state index contributed by atoms with van der Waals surface area (Å²) in [6.45, 7) is 3.31. The van der Waals surface area contributed by atoms with Crippen LogP contribution in [0.1, 0.15) is 18.8 Å². The number of ether oxygens (including phenoxy) is 1. The van der Waals surface area contributed by atoms with E-state index < -0.39 is 30.6 Å². The molecule has 1 saturated heterocycles. The number of aryl methyl sites for hydroxylation is 1. The van der Waals surface area contributed by atoms with E-state index in [1.807, 2.05) is 0 Å². The van der Waals surface area contributed by atoms with Crippen molar-refractivity contribution in [2.24, 2.45) is 0 Å². The number of hydrogen-bond acceptors (Lipinski definition) is 7. The van der Waals surface area contributed by atoms with Gasteiger partial charge in [-0.15, -0.1) is 0 Å². The van der Waals surface area contributed by atoms with Crippen molar-refractivity contribution in [3.05, 3.63) is 18.3 Å². The molecule has 1 fully saturated rings. The molecule has 0 bridgehead atoms. The molecule has 0 amide bonds. The molecule has 20 heavy (non-hydrogen) atoms. The lowest BCUT2D eigenvalue weighted by atomic mass is 10.1. The number of hydrogen-bond donors (Lipinski definition) is 3. The van der Waals surface area contributed by atoms with Gasteiger partial charge in [0.25, 0.3) is 0 Å². The maximum absolute atomic E-state index is 10.1. The first-order valence-corrected chi connectivity index (χ1v) is 6.34. The van der Waals surface area contributed by atoms with Crippen LogP contribution in [0, 0.1) is 6.92 Å². The topological polar surface area (TPSA) is 114 Å². The molecule has 3 rings (SSSR count). The average molecular weight is 280 g/mol. The Hall–Kier alpha value is -1.61. The lowest BCUT2D eigenvalue weighted by Gasteiger charge is -2.17. The second-order valence-corrected chi connectivity index (χ2v) is 5.00. The van der Waals surface area contributed by atoms with Crippen LogP contribution in [-0.4, -0.2) is 59.3 Å². The molecule has 1 aliphatic rings. The van der Waals surface area contributed by atoms with Crippen molar-refractivity contribution < 1.29 is 20.1 Å². The van der Waals surface area contributed by atoms with Crippen molar-refractivity contribution in [3.8, 4) is 0 Å². The Morgan fingerprint density at radius 2 is 2.00 bits per heavy atom. The number of aliphatic hydroxyl groups is 3. The molecule has 1 aliphatic heterocycles. The van der Waals surface area contributed by atoms with E-state index >= 15 is 0 Å². The second-order valence-electron chi connectivity index (χ2n) is 5.00. The fourth-order valence-electron chi connectivity index (χ4n) is 2.47. The third-order valence-corrected chi connectivity index (χ3v) is 3.57. The Kier molecular flexibility index (Phi) is 3.17. The van der Waals surface area contributed by atoms with Crippen molar-refractivity contribution in [1.29, 1.82) is 0 Å². The van der Waals surface area contributed by atoms with Gasteiger partial charge in [-0.2, -0.15) is 0 Å². The fourth-order valence-corrected chi connectivity index (χ4v) is 2.47. The van der Waals surface area contributed by atoms with Gasteiger partial charge in [-0.25, -0.2) is 15.0 Å². The van der Waals surface area contributed by atoms with Gasteiger partial charge in [-0.3, -0.25) is 4.57 Å². The Morgan fingerprint density at radius 3 is 2.65 bits per heavy atom. The molecule has 5 atom stereocenters. The van der Waals surface area contributed by atoms with Gasteiger partial charge in [-0.1, -0.05) is 0 Å². The van der Waals surface area contributed by atoms with Gasteiger partial charge in [0, 0.05) is 0 Å². The molecule has 0 aromatic carbocycles. The highest BCUT2D eigenvalue weighted by Gasteiger charge is 2.46. The highest BCUT2D eigenvalue weighted by molar-refractivity contribution is 5.72. The largest absolute Gasteiger partial charge is 0.391 e. The number of nitrogens with zero attached hydrogens (tertiary/aromatic N) is 4. The summed E-state index contributed by atoms with van der Waals surface area (Å²) in [4.78, 5) is 12.4. The average Bonchev–Trinajstić information content (AvgIpc) is 2.94. The Balaban J connectivity index is 2.02. The van der Waals surface area contributed by atoms with E-state index in [9.17, 15) is 15.3 Å². The van der Waals surface area contributed by atoms with Crippen LogP contribution >= 0.6 is 0 Å². The summed E-state index contributed by atoms with van der Waals surface area (Å²) in [5.74, 6) is 0. The number of aromatic nitrogens is 4. The van der Waals surface area contributed by atoms with Gasteiger partial charge in [0.15, 0.2) is 11.9 Å². The van der Waals surface area contributed by atoms with E-state index in [1.54, 1.807) is 11.5 Å². The Bertz CT molecular complexity index is 629. The maximum atomic E-state index is 10.1. The van der Waals surface area contributed by atoms with Crippen molar-refractivity contribution >= 4 is 11.2 Å². The van der Waals surface area contributed by atoms with Gasteiger partial charge in [0.1, 0.15) is 30.2 Å². The van der Waals surface area contributed by atoms with Gasteiger partial charge >= 0.3 is 0 Å². The molecule has 8 heteroatoms. The third kappa shape index (κ3) is 1.88. The van der Waals surface area contributed by atoms with E-state index in [0.717, 1.165) is 0 Å². The molecule has 0 saturated carbocycles. The summed E-state index contributed by atoms with van der Waals surface area (Å²) in [5, 5.41) is 29.6. The first-order valence-electron chi connectivity index (χ1n) is 6.34. The van der Waals surface area contributed by atoms with Gasteiger partial charge < -0.3 is 20.1 Å².